The van der Waals surface area contributed by atoms with Crippen LogP contribution in [0.2, 0.25) is 0 Å². The van der Waals surface area contributed by atoms with Crippen molar-refractivity contribution in [1.29, 1.82) is 0 Å². The van der Waals surface area contributed by atoms with Gasteiger partial charge in [-0.15, -0.1) is 0 Å². The van der Waals surface area contributed by atoms with Crippen molar-refractivity contribution in [2.24, 2.45) is 0 Å². The molecule has 1 heterocycles. The summed E-state index contributed by atoms with van der Waals surface area (Å²) in [6, 6.07) is 8.01. The lowest BCUT2D eigenvalue weighted by molar-refractivity contribution is 0.301. The minimum atomic E-state index is -3.65. The molecule has 0 radical (unpaired) electrons. The summed E-state index contributed by atoms with van der Waals surface area (Å²) in [6.45, 7) is -0.0583. The van der Waals surface area contributed by atoms with Gasteiger partial charge in [-0.2, -0.15) is 0 Å². The van der Waals surface area contributed by atoms with E-state index in [-0.39, 0.29) is 22.5 Å². The van der Waals surface area contributed by atoms with E-state index in [1.807, 2.05) is 0 Å². The molecule has 2 rings (SSSR count). The number of nitrogens with one attached hydrogen (secondary N) is 1. The first kappa shape index (κ1) is 13.8. The summed E-state index contributed by atoms with van der Waals surface area (Å²) in [5.41, 5.74) is 5.64. The van der Waals surface area contributed by atoms with Gasteiger partial charge in [-0.1, -0.05) is 29.5 Å². The second kappa shape index (κ2) is 5.55. The first-order valence-electron chi connectivity index (χ1n) is 5.47. The molecule has 8 heteroatoms. The number of nitrogen functional groups attached to an aromatic ring is 1. The Morgan fingerprint density at radius 2 is 2.00 bits per heavy atom. The van der Waals surface area contributed by atoms with Crippen LogP contribution in [-0.4, -0.2) is 25.1 Å². The van der Waals surface area contributed by atoms with Crippen molar-refractivity contribution in [1.82, 2.24) is 4.98 Å². The molecule has 4 N–H and O–H groups in total. The maximum atomic E-state index is 12.0. The average Bonchev–Trinajstić information content (AvgIpc) is 2.70. The van der Waals surface area contributed by atoms with E-state index in [4.69, 9.17) is 10.8 Å². The molecule has 0 fully saturated rings. The summed E-state index contributed by atoms with van der Waals surface area (Å²) in [5.74, 6) is 0.241. The molecule has 102 valence electrons. The Morgan fingerprint density at radius 1 is 1.32 bits per heavy atom. The molecule has 0 saturated heterocycles. The molecule has 0 aliphatic heterocycles. The minimum Gasteiger partial charge on any atom is -0.396 e. The zero-order valence-electron chi connectivity index (χ0n) is 9.91. The highest BCUT2D eigenvalue weighted by molar-refractivity contribution is 7.93. The van der Waals surface area contributed by atoms with Gasteiger partial charge in [0, 0.05) is 13.0 Å². The molecule has 19 heavy (non-hydrogen) atoms. The topological polar surface area (TPSA) is 105 Å². The molecule has 0 aliphatic carbocycles. The number of hydrogen-bond donors (Lipinski definition) is 3. The van der Waals surface area contributed by atoms with E-state index < -0.39 is 10.0 Å². The predicted octanol–water partition coefficient (Wildman–Crippen LogP) is 1.06. The van der Waals surface area contributed by atoms with E-state index in [0.29, 0.717) is 11.3 Å². The lowest BCUT2D eigenvalue weighted by Crippen LogP contribution is -2.12. The van der Waals surface area contributed by atoms with Crippen molar-refractivity contribution in [3.8, 4) is 0 Å². The van der Waals surface area contributed by atoms with E-state index >= 15 is 0 Å². The second-order valence-corrected chi connectivity index (χ2v) is 6.49. The molecule has 0 spiro atoms. The van der Waals surface area contributed by atoms with Gasteiger partial charge in [0.05, 0.1) is 9.77 Å². The molecule has 0 bridgehead atoms. The molecule has 0 aliphatic rings. The van der Waals surface area contributed by atoms with Crippen molar-refractivity contribution in [3.05, 3.63) is 35.2 Å². The van der Waals surface area contributed by atoms with E-state index in [1.54, 1.807) is 18.2 Å². The Labute approximate surface area is 115 Å². The van der Waals surface area contributed by atoms with Gasteiger partial charge < -0.3 is 10.8 Å². The Morgan fingerprint density at radius 3 is 2.63 bits per heavy atom. The van der Waals surface area contributed by atoms with Gasteiger partial charge in [-0.05, 0) is 12.1 Å². The lowest BCUT2D eigenvalue weighted by atomic mass is 10.4. The summed E-state index contributed by atoms with van der Waals surface area (Å²) < 4.78 is 26.5. The van der Waals surface area contributed by atoms with E-state index in [1.165, 1.54) is 12.1 Å². The van der Waals surface area contributed by atoms with Gasteiger partial charge in [0.25, 0.3) is 10.0 Å². The Bertz CT molecular complexity index is 653. The average molecular weight is 299 g/mol. The second-order valence-electron chi connectivity index (χ2n) is 3.72. The molecule has 0 atom stereocenters. The summed E-state index contributed by atoms with van der Waals surface area (Å²) in [4.78, 5) is 4.75. The van der Waals surface area contributed by atoms with Gasteiger partial charge >= 0.3 is 0 Å². The standard InChI is InChI=1S/C11H13N3O3S2/c12-10-9(6-7-15)18-11(13-10)14-19(16,17)8-4-2-1-3-5-8/h1-5,15H,6-7,12H2,(H,13,14). The van der Waals surface area contributed by atoms with Crippen LogP contribution in [0.1, 0.15) is 4.88 Å². The van der Waals surface area contributed by atoms with Crippen molar-refractivity contribution < 1.29 is 13.5 Å². The SMILES string of the molecule is Nc1nc(NS(=O)(=O)c2ccccc2)sc1CCO. The highest BCUT2D eigenvalue weighted by Crippen LogP contribution is 2.27. The van der Waals surface area contributed by atoms with Crippen LogP contribution in [0.15, 0.2) is 35.2 Å². The van der Waals surface area contributed by atoms with Gasteiger partial charge in [0.15, 0.2) is 5.13 Å². The molecule has 0 amide bonds. The fraction of sp³-hybridized carbons (Fsp3) is 0.182. The monoisotopic (exact) mass is 299 g/mol. The fourth-order valence-electron chi connectivity index (χ4n) is 1.46. The van der Waals surface area contributed by atoms with Crippen LogP contribution in [0.4, 0.5) is 10.9 Å². The van der Waals surface area contributed by atoms with Gasteiger partial charge in [-0.25, -0.2) is 13.4 Å². The van der Waals surface area contributed by atoms with Crippen LogP contribution >= 0.6 is 11.3 Å². The maximum Gasteiger partial charge on any atom is 0.263 e. The first-order chi connectivity index (χ1) is 9.03. The molecule has 0 unspecified atom stereocenters. The maximum absolute atomic E-state index is 12.0. The summed E-state index contributed by atoms with van der Waals surface area (Å²) in [5, 5.41) is 9.05. The fourth-order valence-corrected chi connectivity index (χ4v) is 3.59. The first-order valence-corrected chi connectivity index (χ1v) is 7.77. The van der Waals surface area contributed by atoms with Crippen molar-refractivity contribution in [2.45, 2.75) is 11.3 Å². The van der Waals surface area contributed by atoms with Crippen molar-refractivity contribution in [3.63, 3.8) is 0 Å². The number of nitrogens with zero attached hydrogens (tertiary/aromatic N) is 1. The number of benzene rings is 1. The zero-order valence-corrected chi connectivity index (χ0v) is 11.5. The number of thiazole rings is 1. The third-order valence-electron chi connectivity index (χ3n) is 2.34. The number of aliphatic hydroxyl groups excluding tert-OH is 1. The van der Waals surface area contributed by atoms with Gasteiger partial charge in [0.2, 0.25) is 0 Å². The number of anilines is 2. The van der Waals surface area contributed by atoms with E-state index in [9.17, 15) is 8.42 Å². The van der Waals surface area contributed by atoms with E-state index in [2.05, 4.69) is 9.71 Å². The molecule has 1 aromatic heterocycles. The van der Waals surface area contributed by atoms with E-state index in [0.717, 1.165) is 11.3 Å². The lowest BCUT2D eigenvalue weighted by Gasteiger charge is -2.03. The van der Waals surface area contributed by atoms with Crippen LogP contribution in [0.5, 0.6) is 0 Å². The van der Waals surface area contributed by atoms with Crippen LogP contribution in [0.3, 0.4) is 0 Å². The molecular formula is C11H13N3O3S2. The Hall–Kier alpha value is -1.64. The van der Waals surface area contributed by atoms with Crippen molar-refractivity contribution >= 4 is 32.3 Å². The summed E-state index contributed by atoms with van der Waals surface area (Å²) >= 11 is 1.12. The number of nitrogens with two attached hydrogens (primary N) is 1. The Balaban J connectivity index is 2.24. The number of hydrogen-bond acceptors (Lipinski definition) is 6. The third kappa shape index (κ3) is 3.22. The van der Waals surface area contributed by atoms with Crippen molar-refractivity contribution in [2.75, 3.05) is 17.1 Å². The normalized spacial score (nSPS) is 11.4. The Kier molecular flexibility index (Phi) is 4.03. The van der Waals surface area contributed by atoms with Crippen LogP contribution < -0.4 is 10.5 Å². The highest BCUT2D eigenvalue weighted by atomic mass is 32.2. The molecule has 0 saturated carbocycles. The number of aliphatic hydroxyl groups is 1. The van der Waals surface area contributed by atoms with Crippen LogP contribution in [0.25, 0.3) is 0 Å². The third-order valence-corrected chi connectivity index (χ3v) is 4.87. The zero-order chi connectivity index (χ0) is 13.9. The predicted molar refractivity (Wildman–Crippen MR) is 74.6 cm³/mol. The molecule has 1 aromatic carbocycles. The van der Waals surface area contributed by atoms with Crippen LogP contribution in [0, 0.1) is 0 Å². The number of rotatable bonds is 5. The smallest absolute Gasteiger partial charge is 0.263 e. The largest absolute Gasteiger partial charge is 0.396 e. The number of sulfonamides is 1. The number of aromatic nitrogens is 1. The summed E-state index contributed by atoms with van der Waals surface area (Å²) in [6.07, 6.45) is 0.358. The quantitative estimate of drug-likeness (QED) is 0.765. The van der Waals surface area contributed by atoms with Crippen LogP contribution in [-0.2, 0) is 16.4 Å². The summed E-state index contributed by atoms with van der Waals surface area (Å²) in [7, 11) is -3.65. The molecule has 2 aromatic rings. The molecular weight excluding hydrogens is 286 g/mol. The van der Waals surface area contributed by atoms with Gasteiger partial charge in [-0.3, -0.25) is 4.72 Å². The minimum absolute atomic E-state index is 0.0583. The van der Waals surface area contributed by atoms with Gasteiger partial charge in [0.1, 0.15) is 5.82 Å². The molecule has 6 nitrogen and oxygen atoms in total. The highest BCUT2D eigenvalue weighted by Gasteiger charge is 2.17.